The van der Waals surface area contributed by atoms with Crippen molar-refractivity contribution in [1.29, 1.82) is 0 Å². The van der Waals surface area contributed by atoms with Crippen molar-refractivity contribution in [2.45, 2.75) is 6.54 Å². The number of hydrogen-bond donors (Lipinski definition) is 2. The molecule has 0 atom stereocenters. The van der Waals surface area contributed by atoms with E-state index in [1.165, 1.54) is 12.3 Å². The van der Waals surface area contributed by atoms with Crippen LogP contribution in [0.4, 0.5) is 5.69 Å². The average Bonchev–Trinajstić information content (AvgIpc) is 2.50. The van der Waals surface area contributed by atoms with E-state index in [9.17, 15) is 10.0 Å². The van der Waals surface area contributed by atoms with Crippen LogP contribution in [0.3, 0.4) is 0 Å². The Morgan fingerprint density at radius 1 is 1.15 bits per heavy atom. The maximum absolute atomic E-state index is 11.7. The Kier molecular flexibility index (Phi) is 3.09. The molecule has 0 saturated heterocycles. The summed E-state index contributed by atoms with van der Waals surface area (Å²) in [7, 11) is 0. The predicted octanol–water partition coefficient (Wildman–Crippen LogP) is 2.25. The normalized spacial score (nSPS) is 10.6. The molecule has 3 aromatic rings. The van der Waals surface area contributed by atoms with Crippen LogP contribution < -0.4 is 10.9 Å². The van der Waals surface area contributed by atoms with Gasteiger partial charge >= 0.3 is 0 Å². The van der Waals surface area contributed by atoms with E-state index < -0.39 is 5.56 Å². The molecule has 5 heteroatoms. The largest absolute Gasteiger partial charge is 0.423 e. The van der Waals surface area contributed by atoms with Gasteiger partial charge in [0.15, 0.2) is 5.65 Å². The number of rotatable bonds is 3. The van der Waals surface area contributed by atoms with E-state index in [2.05, 4.69) is 10.3 Å². The molecule has 0 fully saturated rings. The number of hydrogen-bond acceptors (Lipinski definition) is 4. The molecule has 0 saturated carbocycles. The van der Waals surface area contributed by atoms with Crippen LogP contribution in [0.15, 0.2) is 59.5 Å². The van der Waals surface area contributed by atoms with Crippen molar-refractivity contribution in [2.24, 2.45) is 0 Å². The van der Waals surface area contributed by atoms with Crippen LogP contribution in [-0.4, -0.2) is 14.9 Å². The molecule has 2 heterocycles. The smallest absolute Gasteiger partial charge is 0.286 e. The number of benzene rings is 1. The minimum absolute atomic E-state index is 0.246. The molecule has 0 aliphatic rings. The number of fused-ring (bicyclic) bond motifs is 1. The van der Waals surface area contributed by atoms with Gasteiger partial charge in [-0.2, -0.15) is 0 Å². The topological polar surface area (TPSA) is 67.2 Å². The first-order valence-electron chi connectivity index (χ1n) is 6.23. The first kappa shape index (κ1) is 12.2. The maximum Gasteiger partial charge on any atom is 0.286 e. The van der Waals surface area contributed by atoms with Gasteiger partial charge in [0.25, 0.3) is 5.56 Å². The maximum atomic E-state index is 11.7. The highest BCUT2D eigenvalue weighted by atomic mass is 16.5. The lowest BCUT2D eigenvalue weighted by atomic mass is 10.2. The highest BCUT2D eigenvalue weighted by Crippen LogP contribution is 2.19. The van der Waals surface area contributed by atoms with Crippen molar-refractivity contribution in [3.8, 4) is 0 Å². The monoisotopic (exact) mass is 267 g/mol. The Morgan fingerprint density at radius 2 is 1.95 bits per heavy atom. The van der Waals surface area contributed by atoms with E-state index >= 15 is 0 Å². The van der Waals surface area contributed by atoms with Crippen molar-refractivity contribution in [1.82, 2.24) is 9.71 Å². The molecule has 20 heavy (non-hydrogen) atoms. The fourth-order valence-corrected chi connectivity index (χ4v) is 2.08. The van der Waals surface area contributed by atoms with Crippen molar-refractivity contribution >= 4 is 16.7 Å². The van der Waals surface area contributed by atoms with Crippen molar-refractivity contribution in [3.05, 3.63) is 70.6 Å². The second kappa shape index (κ2) is 5.05. The van der Waals surface area contributed by atoms with Crippen LogP contribution in [0, 0.1) is 0 Å². The molecule has 5 nitrogen and oxygen atoms in total. The van der Waals surface area contributed by atoms with E-state index in [0.29, 0.717) is 22.3 Å². The first-order chi connectivity index (χ1) is 9.75. The summed E-state index contributed by atoms with van der Waals surface area (Å²) in [6.45, 7) is 0.597. The molecule has 100 valence electrons. The fraction of sp³-hybridized carbons (Fsp3) is 0.0667. The Bertz CT molecular complexity index is 797. The molecule has 0 amide bonds. The van der Waals surface area contributed by atoms with E-state index in [4.69, 9.17) is 0 Å². The van der Waals surface area contributed by atoms with Gasteiger partial charge in [0.05, 0.1) is 5.69 Å². The minimum atomic E-state index is -0.508. The second-order valence-electron chi connectivity index (χ2n) is 4.42. The zero-order chi connectivity index (χ0) is 13.9. The van der Waals surface area contributed by atoms with Crippen LogP contribution in [0.25, 0.3) is 11.0 Å². The number of nitrogens with one attached hydrogen (secondary N) is 1. The predicted molar refractivity (Wildman–Crippen MR) is 77.0 cm³/mol. The second-order valence-corrected chi connectivity index (χ2v) is 4.42. The molecule has 0 bridgehead atoms. The van der Waals surface area contributed by atoms with Crippen LogP contribution in [0.2, 0.25) is 0 Å². The minimum Gasteiger partial charge on any atom is -0.423 e. The molecular formula is C15H13N3O2. The first-order valence-corrected chi connectivity index (χ1v) is 6.23. The lowest BCUT2D eigenvalue weighted by Gasteiger charge is -2.10. The van der Waals surface area contributed by atoms with E-state index in [-0.39, 0.29) is 5.65 Å². The lowest BCUT2D eigenvalue weighted by Crippen LogP contribution is -2.19. The molecule has 0 radical (unpaired) electrons. The summed E-state index contributed by atoms with van der Waals surface area (Å²) in [5.74, 6) is 0. The van der Waals surface area contributed by atoms with Gasteiger partial charge in [0.1, 0.15) is 0 Å². The highest BCUT2D eigenvalue weighted by Gasteiger charge is 2.08. The fourth-order valence-electron chi connectivity index (χ4n) is 2.08. The molecule has 3 rings (SSSR count). The van der Waals surface area contributed by atoms with Gasteiger partial charge in [-0.05, 0) is 17.7 Å². The van der Waals surface area contributed by atoms with Crippen LogP contribution in [0.1, 0.15) is 5.56 Å². The summed E-state index contributed by atoms with van der Waals surface area (Å²) in [5, 5.41) is 13.6. The Labute approximate surface area is 115 Å². The number of aromatic nitrogens is 2. The SMILES string of the molecule is O=c1cc(NCc2ccccc2)c2cccnc2n1O. The van der Waals surface area contributed by atoms with Crippen molar-refractivity contribution < 1.29 is 5.21 Å². The molecule has 0 aliphatic carbocycles. The van der Waals surface area contributed by atoms with E-state index in [1.807, 2.05) is 36.4 Å². The Morgan fingerprint density at radius 3 is 2.75 bits per heavy atom. The van der Waals surface area contributed by atoms with Gasteiger partial charge < -0.3 is 10.5 Å². The lowest BCUT2D eigenvalue weighted by molar-refractivity contribution is 0.187. The van der Waals surface area contributed by atoms with E-state index in [0.717, 1.165) is 5.56 Å². The van der Waals surface area contributed by atoms with Crippen molar-refractivity contribution in [3.63, 3.8) is 0 Å². The third kappa shape index (κ3) is 2.21. The molecular weight excluding hydrogens is 254 g/mol. The van der Waals surface area contributed by atoms with Crippen molar-refractivity contribution in [2.75, 3.05) is 5.32 Å². The Hall–Kier alpha value is -2.82. The zero-order valence-electron chi connectivity index (χ0n) is 10.7. The summed E-state index contributed by atoms with van der Waals surface area (Å²) in [5.41, 5.74) is 1.51. The number of nitrogens with zero attached hydrogens (tertiary/aromatic N) is 2. The third-order valence-electron chi connectivity index (χ3n) is 3.08. The number of pyridine rings is 2. The summed E-state index contributed by atoms with van der Waals surface area (Å²) >= 11 is 0. The van der Waals surface area contributed by atoms with Gasteiger partial charge in [-0.3, -0.25) is 4.79 Å². The third-order valence-corrected chi connectivity index (χ3v) is 3.08. The van der Waals surface area contributed by atoms with Gasteiger partial charge in [-0.15, -0.1) is 4.73 Å². The molecule has 2 N–H and O–H groups in total. The zero-order valence-corrected chi connectivity index (χ0v) is 10.7. The van der Waals surface area contributed by atoms with Crippen LogP contribution in [0.5, 0.6) is 0 Å². The summed E-state index contributed by atoms with van der Waals surface area (Å²) < 4.78 is 0.559. The van der Waals surface area contributed by atoms with Crippen LogP contribution >= 0.6 is 0 Å². The summed E-state index contributed by atoms with van der Waals surface area (Å²) in [6.07, 6.45) is 1.54. The summed E-state index contributed by atoms with van der Waals surface area (Å²) in [6, 6.07) is 14.8. The van der Waals surface area contributed by atoms with Gasteiger partial charge in [0.2, 0.25) is 0 Å². The molecule has 1 aromatic carbocycles. The van der Waals surface area contributed by atoms with Crippen LogP contribution in [-0.2, 0) is 6.54 Å². The quantitative estimate of drug-likeness (QED) is 0.714. The summed E-state index contributed by atoms with van der Waals surface area (Å²) in [4.78, 5) is 15.7. The Balaban J connectivity index is 2.00. The molecule has 0 spiro atoms. The average molecular weight is 267 g/mol. The van der Waals surface area contributed by atoms with Gasteiger partial charge in [-0.1, -0.05) is 30.3 Å². The number of anilines is 1. The van der Waals surface area contributed by atoms with Gasteiger partial charge in [-0.25, -0.2) is 4.98 Å². The highest BCUT2D eigenvalue weighted by molar-refractivity contribution is 5.88. The molecule has 2 aromatic heterocycles. The standard InChI is InChI=1S/C15H13N3O2/c19-14-9-13(17-10-11-5-2-1-3-6-11)12-7-4-8-16-15(12)18(14)20/h1-9,17,20H,10H2. The molecule has 0 unspecified atom stereocenters. The van der Waals surface area contributed by atoms with E-state index in [1.54, 1.807) is 6.07 Å². The van der Waals surface area contributed by atoms with Gasteiger partial charge in [0, 0.05) is 24.2 Å². The molecule has 0 aliphatic heterocycles.